The summed E-state index contributed by atoms with van der Waals surface area (Å²) >= 11 is 2.45. The minimum Gasteiger partial charge on any atom is -0.269 e. The fraction of sp³-hybridized carbons (Fsp3) is 0.207. The number of hydrogen-bond acceptors (Lipinski definition) is 1. The van der Waals surface area contributed by atoms with E-state index in [1.54, 1.807) is 11.1 Å². The van der Waals surface area contributed by atoms with Crippen LogP contribution in [0.5, 0.6) is 0 Å². The number of benzene rings is 3. The molecule has 154 valence electrons. The lowest BCUT2D eigenvalue weighted by Gasteiger charge is -2.20. The molecule has 0 amide bonds. The third-order valence-corrected chi connectivity index (χ3v) is 7.37. The topological polar surface area (TPSA) is 12.4 Å². The second kappa shape index (κ2) is 8.96. The monoisotopic (exact) mass is 515 g/mol. The lowest BCUT2D eigenvalue weighted by molar-refractivity contribution is 0.587. The van der Waals surface area contributed by atoms with Crippen LogP contribution in [0.3, 0.4) is 0 Å². The lowest BCUT2D eigenvalue weighted by atomic mass is 9.85. The molecule has 6 rings (SSSR count). The molecule has 1 unspecified atom stereocenters. The Morgan fingerprint density at radius 3 is 2.71 bits per heavy atom. The highest BCUT2D eigenvalue weighted by atomic mass is 127. The van der Waals surface area contributed by atoms with Crippen LogP contribution in [0, 0.1) is 19.9 Å². The molecule has 1 nitrogen and oxygen atoms in total. The highest BCUT2D eigenvalue weighted by Gasteiger charge is 2.15. The maximum absolute atomic E-state index is 4.08. The Morgan fingerprint density at radius 2 is 1.77 bits per heavy atom. The summed E-state index contributed by atoms with van der Waals surface area (Å²) in [7, 11) is 0. The van der Waals surface area contributed by atoms with E-state index < -0.39 is 0 Å². The van der Waals surface area contributed by atoms with Crippen LogP contribution < -0.4 is 10.4 Å². The van der Waals surface area contributed by atoms with Gasteiger partial charge >= 0.3 is 0 Å². The van der Waals surface area contributed by atoms with Gasteiger partial charge in [0, 0.05) is 22.4 Å². The van der Waals surface area contributed by atoms with Crippen molar-refractivity contribution in [3.05, 3.63) is 107 Å². The van der Waals surface area contributed by atoms with Gasteiger partial charge in [0.25, 0.3) is 0 Å². The van der Waals surface area contributed by atoms with Crippen molar-refractivity contribution >= 4 is 47.0 Å². The fourth-order valence-electron chi connectivity index (χ4n) is 4.79. The Labute approximate surface area is 197 Å². The van der Waals surface area contributed by atoms with Crippen LogP contribution in [0.15, 0.2) is 65.8 Å². The van der Waals surface area contributed by atoms with Gasteiger partial charge in [-0.3, -0.25) is 4.99 Å². The summed E-state index contributed by atoms with van der Waals surface area (Å²) in [6.07, 6.45) is 15.2. The molecule has 31 heavy (non-hydrogen) atoms. The predicted molar refractivity (Wildman–Crippen MR) is 140 cm³/mol. The first-order chi connectivity index (χ1) is 15.2. The van der Waals surface area contributed by atoms with Gasteiger partial charge in [-0.15, -0.1) is 0 Å². The molecule has 1 atom stereocenters. The minimum absolute atomic E-state index is 0.784. The summed E-state index contributed by atoms with van der Waals surface area (Å²) in [4.78, 5) is 4.08. The molecule has 0 aromatic heterocycles. The van der Waals surface area contributed by atoms with Crippen LogP contribution in [0.1, 0.15) is 35.6 Å². The average Bonchev–Trinajstić information content (AvgIpc) is 3.05. The standard InChI is InChI=1S/C19H17I.C10H9N/c1-12-5-6-13-7-8-15-14-3-2-4-19(20)17(14)10-9-16(15)18(13)11-12;1-2-4-10-6-8-11-7-5-9(10)3-1/h2-4,6-8,10,12H,5,9,11H2,1H3;1-5,7-8H,6H2. The zero-order valence-electron chi connectivity index (χ0n) is 17.8. The van der Waals surface area contributed by atoms with Crippen molar-refractivity contribution in [1.82, 2.24) is 0 Å². The van der Waals surface area contributed by atoms with Gasteiger partial charge < -0.3 is 0 Å². The van der Waals surface area contributed by atoms with Crippen LogP contribution in [0.25, 0.3) is 18.2 Å². The van der Waals surface area contributed by atoms with Gasteiger partial charge in [0.1, 0.15) is 0 Å². The number of fused-ring (bicyclic) bond motifs is 5. The molecule has 0 N–H and O–H groups in total. The highest BCUT2D eigenvalue weighted by molar-refractivity contribution is 14.1. The Balaban J connectivity index is 0.000000157. The predicted octanol–water partition coefficient (Wildman–Crippen LogP) is 5.56. The van der Waals surface area contributed by atoms with Crippen LogP contribution >= 0.6 is 22.6 Å². The van der Waals surface area contributed by atoms with Crippen LogP contribution in [0.2, 0.25) is 0 Å². The normalized spacial score (nSPS) is 17.4. The van der Waals surface area contributed by atoms with E-state index >= 15 is 0 Å². The maximum atomic E-state index is 4.08. The van der Waals surface area contributed by atoms with Gasteiger partial charge in [-0.25, -0.2) is 0 Å². The summed E-state index contributed by atoms with van der Waals surface area (Å²) < 4.78 is 1.36. The van der Waals surface area contributed by atoms with Crippen molar-refractivity contribution in [1.29, 1.82) is 0 Å². The van der Waals surface area contributed by atoms with Crippen molar-refractivity contribution in [2.24, 2.45) is 10.9 Å². The van der Waals surface area contributed by atoms with Gasteiger partial charge in [0.2, 0.25) is 0 Å². The molecule has 0 bridgehead atoms. The van der Waals surface area contributed by atoms with Crippen molar-refractivity contribution in [2.75, 3.05) is 0 Å². The summed E-state index contributed by atoms with van der Waals surface area (Å²) in [6.45, 7) is 2.36. The van der Waals surface area contributed by atoms with Crippen molar-refractivity contribution in [2.45, 2.75) is 32.6 Å². The zero-order valence-corrected chi connectivity index (χ0v) is 20.0. The molecule has 0 saturated carbocycles. The van der Waals surface area contributed by atoms with Crippen LogP contribution in [-0.4, -0.2) is 6.21 Å². The number of rotatable bonds is 0. The SMILES string of the molecule is C1=Cc2ccccc2CC=N1.CC1CC=c2ccc3c(c2C1)CC=c1c(I)cccc1=3. The molecule has 3 aliphatic rings. The lowest BCUT2D eigenvalue weighted by Crippen LogP contribution is -2.23. The van der Waals surface area contributed by atoms with Crippen molar-refractivity contribution in [3.8, 4) is 0 Å². The smallest absolute Gasteiger partial charge is 0.0270 e. The molecule has 3 aromatic rings. The molecule has 1 aliphatic heterocycles. The van der Waals surface area contributed by atoms with E-state index in [0.717, 1.165) is 18.8 Å². The third-order valence-electron chi connectivity index (χ3n) is 6.43. The summed E-state index contributed by atoms with van der Waals surface area (Å²) in [5, 5.41) is 5.78. The van der Waals surface area contributed by atoms with Gasteiger partial charge in [0.05, 0.1) is 0 Å². The summed E-state index contributed by atoms with van der Waals surface area (Å²) in [6, 6.07) is 19.7. The van der Waals surface area contributed by atoms with Crippen LogP contribution in [0.4, 0.5) is 0 Å². The largest absolute Gasteiger partial charge is 0.269 e. The molecular formula is C29H26IN. The first-order valence-electron chi connectivity index (χ1n) is 11.1. The molecule has 0 saturated heterocycles. The summed E-state index contributed by atoms with van der Waals surface area (Å²) in [5.74, 6) is 0.784. The second-order valence-electron chi connectivity index (χ2n) is 8.57. The van der Waals surface area contributed by atoms with E-state index in [4.69, 9.17) is 0 Å². The van der Waals surface area contributed by atoms with Gasteiger partial charge in [-0.1, -0.05) is 67.6 Å². The van der Waals surface area contributed by atoms with Crippen molar-refractivity contribution < 1.29 is 0 Å². The van der Waals surface area contributed by atoms with E-state index in [1.807, 2.05) is 18.5 Å². The van der Waals surface area contributed by atoms with E-state index in [-0.39, 0.29) is 0 Å². The van der Waals surface area contributed by atoms with E-state index in [0.29, 0.717) is 0 Å². The maximum Gasteiger partial charge on any atom is 0.0270 e. The fourth-order valence-corrected chi connectivity index (χ4v) is 5.51. The Hall–Kier alpha value is -2.46. The van der Waals surface area contributed by atoms with Gasteiger partial charge in [-0.05, 0) is 103 Å². The number of aliphatic imine (C=N–C) groups is 1. The molecule has 2 aliphatic carbocycles. The average molecular weight is 515 g/mol. The highest BCUT2D eigenvalue weighted by Crippen LogP contribution is 2.21. The van der Waals surface area contributed by atoms with E-state index in [1.165, 1.54) is 48.4 Å². The Bertz CT molecular complexity index is 1410. The molecular weight excluding hydrogens is 489 g/mol. The molecule has 0 fully saturated rings. The van der Waals surface area contributed by atoms with E-state index in [2.05, 4.69) is 101 Å². The molecule has 0 radical (unpaired) electrons. The number of halogens is 1. The van der Waals surface area contributed by atoms with Gasteiger partial charge in [-0.2, -0.15) is 0 Å². The summed E-state index contributed by atoms with van der Waals surface area (Å²) in [5.41, 5.74) is 5.80. The number of nitrogens with zero attached hydrogens (tertiary/aromatic N) is 1. The van der Waals surface area contributed by atoms with Crippen molar-refractivity contribution in [3.63, 3.8) is 0 Å². The van der Waals surface area contributed by atoms with Crippen LogP contribution in [-0.2, 0) is 19.3 Å². The molecule has 2 heteroatoms. The zero-order chi connectivity index (χ0) is 21.2. The number of hydrogen-bond donors (Lipinski definition) is 0. The quantitative estimate of drug-likeness (QED) is 0.348. The van der Waals surface area contributed by atoms with E-state index in [9.17, 15) is 0 Å². The third kappa shape index (κ3) is 4.18. The minimum atomic E-state index is 0.784. The van der Waals surface area contributed by atoms with Gasteiger partial charge in [0.15, 0.2) is 0 Å². The Morgan fingerprint density at radius 1 is 0.871 bits per heavy atom. The first kappa shape index (κ1) is 20.4. The second-order valence-corrected chi connectivity index (χ2v) is 9.73. The molecule has 3 aromatic carbocycles. The first-order valence-corrected chi connectivity index (χ1v) is 12.1. The Kier molecular flexibility index (Phi) is 5.91. The molecule has 1 heterocycles. The molecule has 0 spiro atoms.